The summed E-state index contributed by atoms with van der Waals surface area (Å²) in [4.78, 5) is 34.8. The zero-order valence-electron chi connectivity index (χ0n) is 14.2. The van der Waals surface area contributed by atoms with Crippen LogP contribution < -0.4 is 20.1 Å². The summed E-state index contributed by atoms with van der Waals surface area (Å²) in [5.74, 6) is -0.987. The van der Waals surface area contributed by atoms with Crippen LogP contribution >= 0.6 is 0 Å². The standard InChI is InChI=1S/C18H17FN2O5/c1-11(22)12-7-8-15(16(9-12)25-2)26-10-17(23)21-18(24)20-14-6-4-3-5-13(14)19/h3-9H,10H2,1-2H3,(H2,20,21,23,24). The fraction of sp³-hybridized carbons (Fsp3) is 0.167. The molecule has 0 aromatic heterocycles. The van der Waals surface area contributed by atoms with Crippen LogP contribution in [-0.2, 0) is 4.79 Å². The summed E-state index contributed by atoms with van der Waals surface area (Å²) in [6.07, 6.45) is 0. The lowest BCUT2D eigenvalue weighted by Gasteiger charge is -2.12. The molecule has 7 nitrogen and oxygen atoms in total. The number of halogens is 1. The molecule has 0 aliphatic carbocycles. The number of nitrogens with one attached hydrogen (secondary N) is 2. The molecule has 0 spiro atoms. The quantitative estimate of drug-likeness (QED) is 0.773. The van der Waals surface area contributed by atoms with Crippen molar-refractivity contribution in [3.63, 3.8) is 0 Å². The Kier molecular flexibility index (Phi) is 6.26. The minimum absolute atomic E-state index is 0.0554. The predicted octanol–water partition coefficient (Wildman–Crippen LogP) is 2.76. The van der Waals surface area contributed by atoms with Gasteiger partial charge >= 0.3 is 6.03 Å². The number of hydrogen-bond donors (Lipinski definition) is 2. The van der Waals surface area contributed by atoms with Crippen molar-refractivity contribution in [2.75, 3.05) is 19.0 Å². The summed E-state index contributed by atoms with van der Waals surface area (Å²) in [6, 6.07) is 9.17. The van der Waals surface area contributed by atoms with Crippen LogP contribution in [0.3, 0.4) is 0 Å². The van der Waals surface area contributed by atoms with Crippen LogP contribution in [0.15, 0.2) is 42.5 Å². The Hall–Kier alpha value is -3.42. The molecule has 0 radical (unpaired) electrons. The Morgan fingerprint density at radius 3 is 2.46 bits per heavy atom. The highest BCUT2D eigenvalue weighted by atomic mass is 19.1. The number of urea groups is 1. The summed E-state index contributed by atoms with van der Waals surface area (Å²) in [6.45, 7) is 0.942. The van der Waals surface area contributed by atoms with E-state index in [1.165, 1.54) is 50.4 Å². The third-order valence-corrected chi connectivity index (χ3v) is 3.30. The van der Waals surface area contributed by atoms with Gasteiger partial charge in [0.2, 0.25) is 0 Å². The Morgan fingerprint density at radius 1 is 1.08 bits per heavy atom. The second-order valence-electron chi connectivity index (χ2n) is 5.19. The molecule has 26 heavy (non-hydrogen) atoms. The van der Waals surface area contributed by atoms with Crippen LogP contribution in [0.5, 0.6) is 11.5 Å². The monoisotopic (exact) mass is 360 g/mol. The summed E-state index contributed by atoms with van der Waals surface area (Å²) < 4.78 is 23.8. The maximum absolute atomic E-state index is 13.4. The topological polar surface area (TPSA) is 93.7 Å². The van der Waals surface area contributed by atoms with Gasteiger partial charge in [-0.05, 0) is 37.3 Å². The number of rotatable bonds is 6. The van der Waals surface area contributed by atoms with Crippen molar-refractivity contribution in [3.8, 4) is 11.5 Å². The second kappa shape index (κ2) is 8.61. The van der Waals surface area contributed by atoms with Gasteiger partial charge in [0.1, 0.15) is 5.82 Å². The highest BCUT2D eigenvalue weighted by molar-refractivity contribution is 6.01. The van der Waals surface area contributed by atoms with E-state index >= 15 is 0 Å². The zero-order valence-corrected chi connectivity index (χ0v) is 14.2. The predicted molar refractivity (Wildman–Crippen MR) is 92.1 cm³/mol. The zero-order chi connectivity index (χ0) is 19.1. The average Bonchev–Trinajstić information content (AvgIpc) is 2.61. The van der Waals surface area contributed by atoms with E-state index in [2.05, 4.69) is 5.32 Å². The molecule has 0 heterocycles. The number of carbonyl (C=O) groups excluding carboxylic acids is 3. The fourth-order valence-electron chi connectivity index (χ4n) is 2.03. The third kappa shape index (κ3) is 5.04. The Bertz CT molecular complexity index is 838. The Labute approximate surface area is 149 Å². The molecule has 0 saturated carbocycles. The van der Waals surface area contributed by atoms with E-state index in [0.29, 0.717) is 5.56 Å². The number of para-hydroxylation sites is 1. The van der Waals surface area contributed by atoms with E-state index in [1.807, 2.05) is 5.32 Å². The van der Waals surface area contributed by atoms with Crippen LogP contribution in [0.2, 0.25) is 0 Å². The molecular weight excluding hydrogens is 343 g/mol. The summed E-state index contributed by atoms with van der Waals surface area (Å²) >= 11 is 0. The largest absolute Gasteiger partial charge is 0.493 e. The maximum Gasteiger partial charge on any atom is 0.326 e. The number of carbonyl (C=O) groups is 3. The van der Waals surface area contributed by atoms with Crippen molar-refractivity contribution in [2.24, 2.45) is 0 Å². The molecule has 0 aliphatic rings. The summed E-state index contributed by atoms with van der Waals surface area (Å²) in [5.41, 5.74) is 0.378. The van der Waals surface area contributed by atoms with Gasteiger partial charge in [-0.15, -0.1) is 0 Å². The highest BCUT2D eigenvalue weighted by Gasteiger charge is 2.13. The third-order valence-electron chi connectivity index (χ3n) is 3.30. The minimum Gasteiger partial charge on any atom is -0.493 e. The fourth-order valence-corrected chi connectivity index (χ4v) is 2.03. The molecule has 2 N–H and O–H groups in total. The number of anilines is 1. The van der Waals surface area contributed by atoms with Gasteiger partial charge in [0.05, 0.1) is 12.8 Å². The van der Waals surface area contributed by atoms with E-state index < -0.39 is 24.4 Å². The van der Waals surface area contributed by atoms with Crippen molar-refractivity contribution >= 4 is 23.4 Å². The van der Waals surface area contributed by atoms with E-state index in [1.54, 1.807) is 6.07 Å². The van der Waals surface area contributed by atoms with Crippen LogP contribution in [-0.4, -0.2) is 31.4 Å². The van der Waals surface area contributed by atoms with E-state index in [9.17, 15) is 18.8 Å². The Balaban J connectivity index is 1.91. The van der Waals surface area contributed by atoms with Crippen LogP contribution in [0.1, 0.15) is 17.3 Å². The minimum atomic E-state index is -0.886. The first-order valence-corrected chi connectivity index (χ1v) is 7.58. The van der Waals surface area contributed by atoms with Gasteiger partial charge in [-0.2, -0.15) is 0 Å². The van der Waals surface area contributed by atoms with Crippen LogP contribution in [0.4, 0.5) is 14.9 Å². The first-order chi connectivity index (χ1) is 12.4. The van der Waals surface area contributed by atoms with Crippen molar-refractivity contribution in [1.82, 2.24) is 5.32 Å². The van der Waals surface area contributed by atoms with Crippen LogP contribution in [0, 0.1) is 5.82 Å². The Morgan fingerprint density at radius 2 is 1.81 bits per heavy atom. The first-order valence-electron chi connectivity index (χ1n) is 7.58. The molecule has 2 aromatic carbocycles. The van der Waals surface area contributed by atoms with Gasteiger partial charge in [0.15, 0.2) is 23.9 Å². The van der Waals surface area contributed by atoms with Gasteiger partial charge in [-0.3, -0.25) is 14.9 Å². The molecular formula is C18H17FN2O5. The molecule has 0 aliphatic heterocycles. The number of amides is 3. The van der Waals surface area contributed by atoms with Crippen molar-refractivity contribution < 1.29 is 28.2 Å². The summed E-state index contributed by atoms with van der Waals surface area (Å²) in [5, 5.41) is 4.24. The molecule has 3 amide bonds. The molecule has 8 heteroatoms. The lowest BCUT2D eigenvalue weighted by molar-refractivity contribution is -0.121. The van der Waals surface area contributed by atoms with Gasteiger partial charge in [0, 0.05) is 5.56 Å². The molecule has 0 unspecified atom stereocenters. The molecule has 0 atom stereocenters. The second-order valence-corrected chi connectivity index (χ2v) is 5.19. The smallest absolute Gasteiger partial charge is 0.326 e. The van der Waals surface area contributed by atoms with E-state index in [0.717, 1.165) is 0 Å². The molecule has 0 saturated heterocycles. The molecule has 2 rings (SSSR count). The number of Topliss-reactive ketones (excluding diaryl/α,β-unsaturated/α-hetero) is 1. The number of methoxy groups -OCH3 is 1. The normalized spacial score (nSPS) is 9.96. The molecule has 0 fully saturated rings. The molecule has 0 bridgehead atoms. The van der Waals surface area contributed by atoms with E-state index in [4.69, 9.17) is 9.47 Å². The van der Waals surface area contributed by atoms with Gasteiger partial charge < -0.3 is 14.8 Å². The molecule has 2 aromatic rings. The lowest BCUT2D eigenvalue weighted by atomic mass is 10.1. The summed E-state index contributed by atoms with van der Waals surface area (Å²) in [7, 11) is 1.40. The van der Waals surface area contributed by atoms with Crippen LogP contribution in [0.25, 0.3) is 0 Å². The van der Waals surface area contributed by atoms with Crippen molar-refractivity contribution in [1.29, 1.82) is 0 Å². The van der Waals surface area contributed by atoms with Crippen molar-refractivity contribution in [3.05, 3.63) is 53.8 Å². The van der Waals surface area contributed by atoms with E-state index in [-0.39, 0.29) is 23.0 Å². The van der Waals surface area contributed by atoms with Crippen molar-refractivity contribution in [2.45, 2.75) is 6.92 Å². The lowest BCUT2D eigenvalue weighted by Crippen LogP contribution is -2.37. The average molecular weight is 360 g/mol. The molecule has 136 valence electrons. The number of ketones is 1. The SMILES string of the molecule is COc1cc(C(C)=O)ccc1OCC(=O)NC(=O)Nc1ccccc1F. The number of benzene rings is 2. The van der Waals surface area contributed by atoms with Gasteiger partial charge in [-0.1, -0.05) is 12.1 Å². The van der Waals surface area contributed by atoms with Gasteiger partial charge in [-0.25, -0.2) is 9.18 Å². The number of imide groups is 1. The number of hydrogen-bond acceptors (Lipinski definition) is 5. The first kappa shape index (κ1) is 18.9. The van der Waals surface area contributed by atoms with Gasteiger partial charge in [0.25, 0.3) is 5.91 Å². The highest BCUT2D eigenvalue weighted by Crippen LogP contribution is 2.28. The maximum atomic E-state index is 13.4. The number of ether oxygens (including phenoxy) is 2.